The number of hydrogen-bond donors (Lipinski definition) is 4. The number of nitrogens with one attached hydrogen (secondary N) is 1. The van der Waals surface area contributed by atoms with E-state index in [1.54, 1.807) is 7.05 Å². The van der Waals surface area contributed by atoms with Crippen LogP contribution in [0.3, 0.4) is 0 Å². The fourth-order valence-electron chi connectivity index (χ4n) is 2.11. The van der Waals surface area contributed by atoms with E-state index in [2.05, 4.69) is 20.3 Å². The minimum absolute atomic E-state index is 0.0332. The van der Waals surface area contributed by atoms with Crippen LogP contribution < -0.4 is 11.1 Å². The number of aliphatic hydroxyl groups is 2. The van der Waals surface area contributed by atoms with Crippen LogP contribution >= 0.6 is 8.69 Å². The number of aromatic nitrogens is 4. The first-order chi connectivity index (χ1) is 11.5. The van der Waals surface area contributed by atoms with Crippen molar-refractivity contribution in [3.63, 3.8) is 0 Å². The lowest BCUT2D eigenvalue weighted by molar-refractivity contribution is -0.127. The van der Waals surface area contributed by atoms with Crippen LogP contribution in [0, 0.1) is 0 Å². The molecule has 24 heavy (non-hydrogen) atoms. The summed E-state index contributed by atoms with van der Waals surface area (Å²) in [6, 6.07) is 0. The average molecular weight is 358 g/mol. The van der Waals surface area contributed by atoms with Crippen LogP contribution in [0.25, 0.3) is 11.2 Å². The Hall–Kier alpha value is -1.91. The molecule has 12 heteroatoms. The van der Waals surface area contributed by atoms with Crippen molar-refractivity contribution in [2.24, 2.45) is 0 Å². The first-order valence-electron chi connectivity index (χ1n) is 7.08. The Kier molecular flexibility index (Phi) is 6.35. The van der Waals surface area contributed by atoms with Gasteiger partial charge in [-0.25, -0.2) is 9.55 Å². The highest BCUT2D eigenvalue weighted by Crippen LogP contribution is 2.24. The lowest BCUT2D eigenvalue weighted by atomic mass is 10.2. The Balaban J connectivity index is 2.34. The Bertz CT molecular complexity index is 696. The van der Waals surface area contributed by atoms with Gasteiger partial charge >= 0.3 is 8.69 Å². The molecule has 2 heterocycles. The van der Waals surface area contributed by atoms with E-state index >= 15 is 0 Å². The third kappa shape index (κ3) is 3.94. The Morgan fingerprint density at radius 3 is 2.83 bits per heavy atom. The van der Waals surface area contributed by atoms with E-state index in [-0.39, 0.29) is 12.6 Å². The number of hydrogen-bond acceptors (Lipinski definition) is 10. The summed E-state index contributed by atoms with van der Waals surface area (Å²) in [6.45, 7) is 0.961. The van der Waals surface area contributed by atoms with E-state index in [0.29, 0.717) is 17.0 Å². The topological polar surface area (TPSA) is 158 Å². The molecule has 0 spiro atoms. The van der Waals surface area contributed by atoms with Crippen LogP contribution in [0.5, 0.6) is 0 Å². The summed E-state index contributed by atoms with van der Waals surface area (Å²) in [5.41, 5.74) is 6.50. The van der Waals surface area contributed by atoms with Crippen LogP contribution in [0.4, 0.5) is 11.8 Å². The lowest BCUT2D eigenvalue weighted by Gasteiger charge is -2.25. The van der Waals surface area contributed by atoms with E-state index in [9.17, 15) is 14.8 Å². The molecule has 2 aromatic rings. The predicted molar refractivity (Wildman–Crippen MR) is 85.5 cm³/mol. The number of nitrogens with two attached hydrogens (primary N) is 1. The van der Waals surface area contributed by atoms with Gasteiger partial charge in [0.15, 0.2) is 23.2 Å². The number of fused-ring (bicyclic) bond motifs is 1. The molecule has 5 N–H and O–H groups in total. The van der Waals surface area contributed by atoms with Gasteiger partial charge in [-0.05, 0) is 6.92 Å². The van der Waals surface area contributed by atoms with Crippen molar-refractivity contribution in [3.8, 4) is 0 Å². The molecule has 0 saturated heterocycles. The van der Waals surface area contributed by atoms with Crippen molar-refractivity contribution in [1.82, 2.24) is 19.5 Å². The molecule has 11 nitrogen and oxygen atoms in total. The van der Waals surface area contributed by atoms with Crippen molar-refractivity contribution in [3.05, 3.63) is 6.33 Å². The zero-order chi connectivity index (χ0) is 17.7. The second kappa shape index (κ2) is 8.27. The largest absolute Gasteiger partial charge is 0.392 e. The second-order valence-corrected chi connectivity index (χ2v) is 5.33. The number of aliphatic hydroxyl groups excluding tert-OH is 2. The summed E-state index contributed by atoms with van der Waals surface area (Å²) >= 11 is 0. The molecule has 0 bridgehead atoms. The predicted octanol–water partition coefficient (Wildman–Crippen LogP) is -0.0696. The minimum atomic E-state index is -0.914. The molecule has 0 saturated carbocycles. The number of nitrogens with zero attached hydrogens (tertiary/aromatic N) is 4. The number of ether oxygens (including phenoxy) is 1. The van der Waals surface area contributed by atoms with Gasteiger partial charge in [0.2, 0.25) is 5.95 Å². The zero-order valence-electron chi connectivity index (χ0n) is 13.2. The third-order valence-corrected chi connectivity index (χ3v) is 3.56. The van der Waals surface area contributed by atoms with E-state index in [1.165, 1.54) is 17.8 Å². The summed E-state index contributed by atoms with van der Waals surface area (Å²) in [5, 5.41) is 22.3. The van der Waals surface area contributed by atoms with Gasteiger partial charge in [-0.1, -0.05) is 0 Å². The van der Waals surface area contributed by atoms with E-state index < -0.39 is 33.7 Å². The Morgan fingerprint density at radius 1 is 1.50 bits per heavy atom. The first kappa shape index (κ1) is 18.4. The molecule has 0 aromatic carbocycles. The van der Waals surface area contributed by atoms with Crippen molar-refractivity contribution < 1.29 is 24.0 Å². The van der Waals surface area contributed by atoms with Gasteiger partial charge in [0.25, 0.3) is 0 Å². The molecule has 2 rings (SSSR count). The summed E-state index contributed by atoms with van der Waals surface area (Å²) in [7, 11) is 1.14. The molecule has 132 valence electrons. The number of nitrogen functional groups attached to an aromatic ring is 1. The van der Waals surface area contributed by atoms with Gasteiger partial charge in [0, 0.05) is 7.05 Å². The van der Waals surface area contributed by atoms with Crippen molar-refractivity contribution in [1.29, 1.82) is 0 Å². The molecule has 1 unspecified atom stereocenters. The number of imidazole rings is 1. The maximum Gasteiger partial charge on any atom is 0.327 e. The van der Waals surface area contributed by atoms with Crippen LogP contribution in [0.2, 0.25) is 0 Å². The molecule has 0 amide bonds. The third-order valence-electron chi connectivity index (χ3n) is 3.30. The van der Waals surface area contributed by atoms with Crippen molar-refractivity contribution in [2.45, 2.75) is 25.4 Å². The highest BCUT2D eigenvalue weighted by molar-refractivity contribution is 7.17. The Morgan fingerprint density at radius 2 is 2.25 bits per heavy atom. The summed E-state index contributed by atoms with van der Waals surface area (Å²) < 4.78 is 22.3. The molecular weight excluding hydrogens is 339 g/mol. The van der Waals surface area contributed by atoms with E-state index in [1.807, 2.05) is 0 Å². The average Bonchev–Trinajstić information content (AvgIpc) is 2.97. The van der Waals surface area contributed by atoms with Gasteiger partial charge in [0.1, 0.15) is 6.10 Å². The highest BCUT2D eigenvalue weighted by Gasteiger charge is 2.24. The molecular formula is C12H19N6O5P. The van der Waals surface area contributed by atoms with Crippen molar-refractivity contribution in [2.75, 3.05) is 31.3 Å². The van der Waals surface area contributed by atoms with Crippen LogP contribution in [-0.2, 0) is 13.8 Å². The molecule has 0 aliphatic rings. The van der Waals surface area contributed by atoms with Gasteiger partial charge in [0.05, 0.1) is 25.6 Å². The summed E-state index contributed by atoms with van der Waals surface area (Å²) in [6.07, 6.45) is -1.21. The SMILES string of the molecule is CNc1nc(N)nc2c1ncn2[C@@H](CO)O[C@H](COP=O)C(C)O. The lowest BCUT2D eigenvalue weighted by Crippen LogP contribution is -2.34. The van der Waals surface area contributed by atoms with Gasteiger partial charge in [-0.2, -0.15) is 9.97 Å². The molecule has 0 aliphatic carbocycles. The van der Waals surface area contributed by atoms with Gasteiger partial charge < -0.3 is 26.0 Å². The summed E-state index contributed by atoms with van der Waals surface area (Å²) in [4.78, 5) is 12.3. The molecule has 0 aliphatic heterocycles. The number of rotatable bonds is 9. The second-order valence-electron chi connectivity index (χ2n) is 4.93. The van der Waals surface area contributed by atoms with Gasteiger partial charge in [-0.3, -0.25) is 9.09 Å². The molecule has 2 aromatic heterocycles. The minimum Gasteiger partial charge on any atom is -0.392 e. The molecule has 3 atom stereocenters. The fraction of sp³-hybridized carbons (Fsp3) is 0.583. The van der Waals surface area contributed by atoms with Crippen LogP contribution in [-0.4, -0.2) is 62.2 Å². The maximum atomic E-state index is 10.4. The monoisotopic (exact) mass is 358 g/mol. The Labute approximate surface area is 139 Å². The number of anilines is 2. The quantitative estimate of drug-likeness (QED) is 0.447. The van der Waals surface area contributed by atoms with Crippen molar-refractivity contribution >= 4 is 31.6 Å². The molecule has 0 fully saturated rings. The fourth-order valence-corrected chi connectivity index (χ4v) is 2.32. The van der Waals surface area contributed by atoms with Crippen LogP contribution in [0.1, 0.15) is 13.2 Å². The van der Waals surface area contributed by atoms with E-state index in [0.717, 1.165) is 0 Å². The smallest absolute Gasteiger partial charge is 0.327 e. The zero-order valence-corrected chi connectivity index (χ0v) is 14.1. The summed E-state index contributed by atoms with van der Waals surface area (Å²) in [5.74, 6) is 0.472. The first-order valence-corrected chi connectivity index (χ1v) is 7.81. The van der Waals surface area contributed by atoms with E-state index in [4.69, 9.17) is 15.0 Å². The standard InChI is InChI=1S/C12H19N6O5P/c1-6(20)7(4-22-24-21)23-8(3-19)18-5-15-9-10(14-2)16-12(13)17-11(9)18/h5-8,19-20H,3-4H2,1-2H3,(H3,13,14,16,17)/t6?,7-,8-/m1/s1. The normalized spacial score (nSPS) is 15.5. The van der Waals surface area contributed by atoms with Gasteiger partial charge in [-0.15, -0.1) is 0 Å². The maximum absolute atomic E-state index is 10.4. The molecule has 0 radical (unpaired) electrons. The van der Waals surface area contributed by atoms with Crippen LogP contribution in [0.15, 0.2) is 6.33 Å². The highest BCUT2D eigenvalue weighted by atomic mass is 31.1.